The highest BCUT2D eigenvalue weighted by Gasteiger charge is 2.12. The van der Waals surface area contributed by atoms with Gasteiger partial charge in [-0.05, 0) is 24.3 Å². The maximum atomic E-state index is 13.5. The van der Waals surface area contributed by atoms with E-state index in [1.165, 1.54) is 25.3 Å². The fourth-order valence-electron chi connectivity index (χ4n) is 1.81. The summed E-state index contributed by atoms with van der Waals surface area (Å²) in [6.07, 6.45) is 0. The molecule has 0 atom stereocenters. The lowest BCUT2D eigenvalue weighted by molar-refractivity contribution is -0.384. The van der Waals surface area contributed by atoms with Gasteiger partial charge in [0.2, 0.25) is 0 Å². The summed E-state index contributed by atoms with van der Waals surface area (Å²) in [5.74, 6) is -0.824. The Morgan fingerprint density at radius 2 is 2.00 bits per heavy atom. The maximum absolute atomic E-state index is 13.5. The Morgan fingerprint density at radius 1 is 1.24 bits per heavy atom. The summed E-state index contributed by atoms with van der Waals surface area (Å²) >= 11 is 0. The Kier molecular flexibility index (Phi) is 4.32. The minimum Gasteiger partial charge on any atom is -0.494 e. The van der Waals surface area contributed by atoms with Crippen molar-refractivity contribution in [2.24, 2.45) is 0 Å². The number of nitro benzene ring substituents is 1. The molecule has 0 aliphatic rings. The first-order valence-electron chi connectivity index (χ1n) is 6.01. The third-order valence-electron chi connectivity index (χ3n) is 2.87. The van der Waals surface area contributed by atoms with Crippen LogP contribution in [0.1, 0.15) is 5.56 Å². The predicted molar refractivity (Wildman–Crippen MR) is 73.3 cm³/mol. The number of ether oxygens (including phenoxy) is 1. The number of hydrogen-bond acceptors (Lipinski definition) is 4. The van der Waals surface area contributed by atoms with E-state index in [1.807, 2.05) is 0 Å². The smallest absolute Gasteiger partial charge is 0.273 e. The van der Waals surface area contributed by atoms with Crippen LogP contribution in [-0.4, -0.2) is 12.0 Å². The molecule has 7 heteroatoms. The minimum atomic E-state index is -0.543. The van der Waals surface area contributed by atoms with Gasteiger partial charge in [0, 0.05) is 18.2 Å². The maximum Gasteiger partial charge on any atom is 0.273 e. The van der Waals surface area contributed by atoms with Crippen molar-refractivity contribution < 1.29 is 18.4 Å². The molecule has 2 aromatic rings. The first kappa shape index (κ1) is 14.7. The number of nitrogens with zero attached hydrogens (tertiary/aromatic N) is 1. The Balaban J connectivity index is 2.19. The number of nitro groups is 1. The Labute approximate surface area is 119 Å². The molecule has 2 rings (SSSR count). The fraction of sp³-hybridized carbons (Fsp3) is 0.143. The van der Waals surface area contributed by atoms with Crippen molar-refractivity contribution in [1.29, 1.82) is 0 Å². The van der Waals surface area contributed by atoms with Crippen molar-refractivity contribution >= 4 is 11.4 Å². The normalized spacial score (nSPS) is 10.2. The molecular formula is C14H12F2N2O3. The summed E-state index contributed by atoms with van der Waals surface area (Å²) in [5, 5.41) is 13.5. The minimum absolute atomic E-state index is 0.0256. The van der Waals surface area contributed by atoms with E-state index in [0.717, 1.165) is 18.2 Å². The van der Waals surface area contributed by atoms with Gasteiger partial charge in [-0.1, -0.05) is 0 Å². The van der Waals surface area contributed by atoms with E-state index < -0.39 is 16.6 Å². The highest BCUT2D eigenvalue weighted by atomic mass is 19.1. The van der Waals surface area contributed by atoms with Crippen LogP contribution in [0, 0.1) is 21.7 Å². The van der Waals surface area contributed by atoms with Gasteiger partial charge in [-0.25, -0.2) is 8.78 Å². The van der Waals surface area contributed by atoms with E-state index in [1.54, 1.807) is 0 Å². The second kappa shape index (κ2) is 6.17. The molecule has 0 unspecified atom stereocenters. The van der Waals surface area contributed by atoms with Crippen molar-refractivity contribution in [1.82, 2.24) is 0 Å². The first-order chi connectivity index (χ1) is 10.0. The molecule has 0 bridgehead atoms. The van der Waals surface area contributed by atoms with E-state index in [9.17, 15) is 18.9 Å². The van der Waals surface area contributed by atoms with Crippen LogP contribution in [0.25, 0.3) is 0 Å². The number of halogens is 2. The number of non-ortho nitro benzene ring substituents is 1. The van der Waals surface area contributed by atoms with Crippen LogP contribution in [0.2, 0.25) is 0 Å². The zero-order valence-electron chi connectivity index (χ0n) is 11.1. The summed E-state index contributed by atoms with van der Waals surface area (Å²) in [7, 11) is 1.37. The lowest BCUT2D eigenvalue weighted by Gasteiger charge is -2.11. The molecule has 0 amide bonds. The molecule has 2 aromatic carbocycles. The van der Waals surface area contributed by atoms with Crippen LogP contribution >= 0.6 is 0 Å². The zero-order chi connectivity index (χ0) is 15.4. The predicted octanol–water partition coefficient (Wildman–Crippen LogP) is 3.49. The van der Waals surface area contributed by atoms with Gasteiger partial charge >= 0.3 is 0 Å². The number of hydrogen-bond donors (Lipinski definition) is 1. The molecule has 0 spiro atoms. The van der Waals surface area contributed by atoms with Crippen molar-refractivity contribution in [2.45, 2.75) is 6.54 Å². The SMILES string of the molecule is COc1cc([N+](=O)[O-])ccc1NCc1cc(F)ccc1F. The van der Waals surface area contributed by atoms with Gasteiger partial charge in [-0.3, -0.25) is 10.1 Å². The van der Waals surface area contributed by atoms with E-state index in [4.69, 9.17) is 4.74 Å². The summed E-state index contributed by atoms with van der Waals surface area (Å²) in [6.45, 7) is 0.0256. The van der Waals surface area contributed by atoms with Gasteiger partial charge in [0.1, 0.15) is 17.4 Å². The molecule has 0 heterocycles. The summed E-state index contributed by atoms with van der Waals surface area (Å²) in [5.41, 5.74) is 0.483. The molecule has 0 aliphatic carbocycles. The van der Waals surface area contributed by atoms with Crippen molar-refractivity contribution in [3.8, 4) is 5.75 Å². The molecule has 0 fully saturated rings. The van der Waals surface area contributed by atoms with Gasteiger partial charge in [-0.15, -0.1) is 0 Å². The van der Waals surface area contributed by atoms with Gasteiger partial charge < -0.3 is 10.1 Å². The highest BCUT2D eigenvalue weighted by Crippen LogP contribution is 2.29. The molecule has 0 radical (unpaired) electrons. The topological polar surface area (TPSA) is 64.4 Å². The quantitative estimate of drug-likeness (QED) is 0.677. The lowest BCUT2D eigenvalue weighted by atomic mass is 10.2. The Hall–Kier alpha value is -2.70. The van der Waals surface area contributed by atoms with Crippen LogP contribution in [0.15, 0.2) is 36.4 Å². The lowest BCUT2D eigenvalue weighted by Crippen LogP contribution is -2.04. The molecule has 0 aliphatic heterocycles. The molecular weight excluding hydrogens is 282 g/mol. The van der Waals surface area contributed by atoms with E-state index in [0.29, 0.717) is 5.69 Å². The first-order valence-corrected chi connectivity index (χ1v) is 6.01. The molecule has 5 nitrogen and oxygen atoms in total. The number of anilines is 1. The monoisotopic (exact) mass is 294 g/mol. The van der Waals surface area contributed by atoms with Gasteiger partial charge in [0.25, 0.3) is 5.69 Å². The van der Waals surface area contributed by atoms with E-state index in [2.05, 4.69) is 5.32 Å². The van der Waals surface area contributed by atoms with Gasteiger partial charge in [0.15, 0.2) is 0 Å². The molecule has 21 heavy (non-hydrogen) atoms. The van der Waals surface area contributed by atoms with Crippen LogP contribution in [-0.2, 0) is 6.54 Å². The number of benzene rings is 2. The second-order valence-corrected chi connectivity index (χ2v) is 4.23. The fourth-order valence-corrected chi connectivity index (χ4v) is 1.81. The van der Waals surface area contributed by atoms with Crippen LogP contribution in [0.5, 0.6) is 5.75 Å². The molecule has 110 valence electrons. The van der Waals surface area contributed by atoms with Gasteiger partial charge in [0.05, 0.1) is 23.8 Å². The Bertz CT molecular complexity index is 677. The van der Waals surface area contributed by atoms with Crippen LogP contribution < -0.4 is 10.1 Å². The number of rotatable bonds is 5. The van der Waals surface area contributed by atoms with Gasteiger partial charge in [-0.2, -0.15) is 0 Å². The standard InChI is InChI=1S/C14H12F2N2O3/c1-21-14-7-11(18(19)20)3-5-13(14)17-8-9-6-10(15)2-4-12(9)16/h2-7,17H,8H2,1H3. The van der Waals surface area contributed by atoms with E-state index in [-0.39, 0.29) is 23.5 Å². The van der Waals surface area contributed by atoms with Crippen molar-refractivity contribution in [2.75, 3.05) is 12.4 Å². The average molecular weight is 294 g/mol. The molecule has 0 aromatic heterocycles. The number of nitrogens with one attached hydrogen (secondary N) is 1. The third-order valence-corrected chi connectivity index (χ3v) is 2.87. The zero-order valence-corrected chi connectivity index (χ0v) is 11.1. The van der Waals surface area contributed by atoms with Crippen LogP contribution in [0.3, 0.4) is 0 Å². The third kappa shape index (κ3) is 3.44. The largest absolute Gasteiger partial charge is 0.494 e. The second-order valence-electron chi connectivity index (χ2n) is 4.23. The summed E-state index contributed by atoms with van der Waals surface area (Å²) in [6, 6.07) is 7.16. The number of methoxy groups -OCH3 is 1. The average Bonchev–Trinajstić information content (AvgIpc) is 2.47. The molecule has 0 saturated heterocycles. The van der Waals surface area contributed by atoms with E-state index >= 15 is 0 Å². The molecule has 0 saturated carbocycles. The Morgan fingerprint density at radius 3 is 2.67 bits per heavy atom. The summed E-state index contributed by atoms with van der Waals surface area (Å²) < 4.78 is 31.6. The molecule has 1 N–H and O–H groups in total. The highest BCUT2D eigenvalue weighted by molar-refractivity contribution is 5.60. The van der Waals surface area contributed by atoms with Crippen LogP contribution in [0.4, 0.5) is 20.2 Å². The van der Waals surface area contributed by atoms with Crippen molar-refractivity contribution in [3.63, 3.8) is 0 Å². The van der Waals surface area contributed by atoms with Crippen molar-refractivity contribution in [3.05, 3.63) is 63.7 Å². The summed E-state index contributed by atoms with van der Waals surface area (Å²) in [4.78, 5) is 10.1.